The highest BCUT2D eigenvalue weighted by atomic mass is 16.5. The summed E-state index contributed by atoms with van der Waals surface area (Å²) < 4.78 is 12.9. The molecule has 2 N–H and O–H groups in total. The van der Waals surface area contributed by atoms with Gasteiger partial charge in [0.05, 0.1) is 26.5 Å². The van der Waals surface area contributed by atoms with E-state index in [9.17, 15) is 0 Å². The third kappa shape index (κ3) is 5.47. The second kappa shape index (κ2) is 11.1. The van der Waals surface area contributed by atoms with Crippen molar-refractivity contribution in [2.75, 3.05) is 38.8 Å². The van der Waals surface area contributed by atoms with Crippen LogP contribution in [-0.4, -0.2) is 55.6 Å². The minimum atomic E-state index is 0.315. The fourth-order valence-corrected chi connectivity index (χ4v) is 4.33. The van der Waals surface area contributed by atoms with E-state index < -0.39 is 0 Å². The zero-order valence-electron chi connectivity index (χ0n) is 20.4. The molecular formula is C24H38N6O2. The summed E-state index contributed by atoms with van der Waals surface area (Å²) in [4.78, 5) is 7.27. The van der Waals surface area contributed by atoms with Crippen molar-refractivity contribution in [3.05, 3.63) is 35.2 Å². The quantitative estimate of drug-likeness (QED) is 0.459. The molecule has 0 bridgehead atoms. The molecule has 1 saturated heterocycles. The molecule has 2 heterocycles. The number of nitrogens with one attached hydrogen (secondary N) is 2. The molecule has 32 heavy (non-hydrogen) atoms. The number of hydrogen-bond donors (Lipinski definition) is 2. The van der Waals surface area contributed by atoms with E-state index in [1.807, 2.05) is 17.8 Å². The highest BCUT2D eigenvalue weighted by Crippen LogP contribution is 2.30. The average Bonchev–Trinajstić information content (AvgIpc) is 3.40. The van der Waals surface area contributed by atoms with E-state index in [1.165, 1.54) is 11.3 Å². The fraction of sp³-hybridized carbons (Fsp3) is 0.583. The van der Waals surface area contributed by atoms with Gasteiger partial charge < -0.3 is 25.0 Å². The number of hydrogen-bond acceptors (Lipinski definition) is 5. The topological polar surface area (TPSA) is 75.9 Å². The van der Waals surface area contributed by atoms with Crippen molar-refractivity contribution >= 4 is 11.6 Å². The number of guanidine groups is 1. The van der Waals surface area contributed by atoms with Gasteiger partial charge >= 0.3 is 0 Å². The van der Waals surface area contributed by atoms with Crippen LogP contribution in [0.2, 0.25) is 0 Å². The van der Waals surface area contributed by atoms with Gasteiger partial charge in [-0.05, 0) is 26.2 Å². The molecular weight excluding hydrogens is 404 g/mol. The Balaban J connectivity index is 1.70. The van der Waals surface area contributed by atoms with Crippen LogP contribution < -0.4 is 25.0 Å². The first-order valence-corrected chi connectivity index (χ1v) is 11.6. The van der Waals surface area contributed by atoms with Crippen LogP contribution in [0, 0.1) is 0 Å². The monoisotopic (exact) mass is 442 g/mol. The van der Waals surface area contributed by atoms with Gasteiger partial charge in [-0.1, -0.05) is 13.8 Å². The molecule has 0 radical (unpaired) electrons. The number of aliphatic imine (C=N–C) groups is 1. The number of methoxy groups -OCH3 is 2. The molecule has 8 nitrogen and oxygen atoms in total. The molecule has 1 aliphatic rings. The van der Waals surface area contributed by atoms with Crippen molar-refractivity contribution in [2.24, 2.45) is 12.0 Å². The fourth-order valence-electron chi connectivity index (χ4n) is 4.33. The van der Waals surface area contributed by atoms with E-state index >= 15 is 0 Å². The van der Waals surface area contributed by atoms with Crippen LogP contribution in [0.1, 0.15) is 44.1 Å². The van der Waals surface area contributed by atoms with Gasteiger partial charge in [0.25, 0.3) is 0 Å². The van der Waals surface area contributed by atoms with E-state index in [0.29, 0.717) is 12.6 Å². The number of ether oxygens (including phenoxy) is 2. The van der Waals surface area contributed by atoms with Crippen LogP contribution in [0.4, 0.5) is 5.69 Å². The molecule has 0 amide bonds. The Hall–Kier alpha value is -2.90. The smallest absolute Gasteiger partial charge is 0.191 e. The van der Waals surface area contributed by atoms with Gasteiger partial charge in [-0.2, -0.15) is 5.10 Å². The molecule has 1 unspecified atom stereocenters. The Bertz CT molecular complexity index is 901. The maximum absolute atomic E-state index is 5.44. The number of aryl methyl sites for hydroxylation is 2. The van der Waals surface area contributed by atoms with Crippen LogP contribution in [0.25, 0.3) is 0 Å². The Morgan fingerprint density at radius 1 is 1.12 bits per heavy atom. The van der Waals surface area contributed by atoms with Gasteiger partial charge in [0.2, 0.25) is 0 Å². The molecule has 1 fully saturated rings. The van der Waals surface area contributed by atoms with Crippen molar-refractivity contribution in [1.82, 2.24) is 20.4 Å². The number of aromatic nitrogens is 2. The first-order valence-electron chi connectivity index (χ1n) is 11.6. The van der Waals surface area contributed by atoms with Crippen molar-refractivity contribution < 1.29 is 9.47 Å². The minimum Gasteiger partial charge on any atom is -0.497 e. The van der Waals surface area contributed by atoms with Crippen molar-refractivity contribution in [3.8, 4) is 11.5 Å². The summed E-state index contributed by atoms with van der Waals surface area (Å²) >= 11 is 0. The average molecular weight is 443 g/mol. The van der Waals surface area contributed by atoms with E-state index in [-0.39, 0.29) is 0 Å². The van der Waals surface area contributed by atoms with Crippen LogP contribution in [-0.2, 0) is 26.4 Å². The van der Waals surface area contributed by atoms with Gasteiger partial charge in [-0.25, -0.2) is 4.99 Å². The minimum absolute atomic E-state index is 0.315. The normalized spacial score (nSPS) is 16.4. The first-order chi connectivity index (χ1) is 15.5. The SMILES string of the molecule is CCNC(=NCc1c(CC)nn(C)c1CC)NC1CCN(c2cc(OC)cc(OC)c2)C1. The Kier molecular flexibility index (Phi) is 8.25. The molecule has 2 aromatic rings. The number of anilines is 1. The van der Waals surface area contributed by atoms with Gasteiger partial charge in [-0.3, -0.25) is 4.68 Å². The third-order valence-electron chi connectivity index (χ3n) is 6.00. The van der Waals surface area contributed by atoms with Gasteiger partial charge in [0, 0.05) is 67.9 Å². The molecule has 0 spiro atoms. The van der Waals surface area contributed by atoms with Crippen molar-refractivity contribution in [1.29, 1.82) is 0 Å². The van der Waals surface area contributed by atoms with Crippen LogP contribution >= 0.6 is 0 Å². The van der Waals surface area contributed by atoms with E-state index in [2.05, 4.69) is 53.5 Å². The summed E-state index contributed by atoms with van der Waals surface area (Å²) in [6, 6.07) is 6.34. The maximum Gasteiger partial charge on any atom is 0.191 e. The predicted octanol–water partition coefficient (Wildman–Crippen LogP) is 2.90. The summed E-state index contributed by atoms with van der Waals surface area (Å²) in [5, 5.41) is 11.7. The highest BCUT2D eigenvalue weighted by Gasteiger charge is 2.24. The lowest BCUT2D eigenvalue weighted by atomic mass is 10.1. The summed E-state index contributed by atoms with van der Waals surface area (Å²) in [6.07, 6.45) is 2.92. The standard InChI is InChI=1S/C24H38N6O2/c1-7-22-21(23(8-2)29(4)28-22)15-26-24(25-9-3)27-17-10-11-30(16-17)18-12-19(31-5)14-20(13-18)32-6/h12-14,17H,7-11,15-16H2,1-6H3,(H2,25,26,27). The second-order valence-electron chi connectivity index (χ2n) is 8.04. The lowest BCUT2D eigenvalue weighted by Gasteiger charge is -2.21. The molecule has 1 atom stereocenters. The maximum atomic E-state index is 5.44. The molecule has 1 aromatic heterocycles. The van der Waals surface area contributed by atoms with E-state index in [1.54, 1.807) is 14.2 Å². The lowest BCUT2D eigenvalue weighted by molar-refractivity contribution is 0.394. The highest BCUT2D eigenvalue weighted by molar-refractivity contribution is 5.80. The summed E-state index contributed by atoms with van der Waals surface area (Å²) in [5.74, 6) is 2.47. The van der Waals surface area contributed by atoms with Crippen LogP contribution in [0.3, 0.4) is 0 Å². The lowest BCUT2D eigenvalue weighted by Crippen LogP contribution is -2.44. The zero-order chi connectivity index (χ0) is 23.1. The Labute approximate surface area is 192 Å². The number of nitrogens with zero attached hydrogens (tertiary/aromatic N) is 4. The first kappa shape index (κ1) is 23.8. The van der Waals surface area contributed by atoms with Crippen molar-refractivity contribution in [2.45, 2.75) is 52.6 Å². The van der Waals surface area contributed by atoms with Gasteiger partial charge in [-0.15, -0.1) is 0 Å². The molecule has 1 aliphatic heterocycles. The van der Waals surface area contributed by atoms with Crippen LogP contribution in [0.15, 0.2) is 23.2 Å². The molecule has 8 heteroatoms. The van der Waals surface area contributed by atoms with Crippen molar-refractivity contribution in [3.63, 3.8) is 0 Å². The molecule has 0 saturated carbocycles. The number of rotatable bonds is 9. The van der Waals surface area contributed by atoms with Crippen LogP contribution in [0.5, 0.6) is 11.5 Å². The molecule has 176 valence electrons. The molecule has 3 rings (SSSR count). The summed E-state index contributed by atoms with van der Waals surface area (Å²) in [5.41, 5.74) is 4.78. The Morgan fingerprint density at radius 3 is 2.44 bits per heavy atom. The predicted molar refractivity (Wildman–Crippen MR) is 130 cm³/mol. The Morgan fingerprint density at radius 2 is 1.84 bits per heavy atom. The number of benzene rings is 1. The zero-order valence-corrected chi connectivity index (χ0v) is 20.4. The van der Waals surface area contributed by atoms with E-state index in [4.69, 9.17) is 14.5 Å². The third-order valence-corrected chi connectivity index (χ3v) is 6.00. The molecule has 1 aromatic carbocycles. The summed E-state index contributed by atoms with van der Waals surface area (Å²) in [7, 11) is 5.39. The van der Waals surface area contributed by atoms with Gasteiger partial charge in [0.1, 0.15) is 11.5 Å². The largest absolute Gasteiger partial charge is 0.497 e. The molecule has 0 aliphatic carbocycles. The summed E-state index contributed by atoms with van der Waals surface area (Å²) in [6.45, 7) is 9.75. The second-order valence-corrected chi connectivity index (χ2v) is 8.04. The van der Waals surface area contributed by atoms with E-state index in [0.717, 1.165) is 67.7 Å². The van der Waals surface area contributed by atoms with Gasteiger partial charge in [0.15, 0.2) is 5.96 Å².